The normalized spacial score (nSPS) is 12.0. The van der Waals surface area contributed by atoms with Gasteiger partial charge in [-0.2, -0.15) is 0 Å². The summed E-state index contributed by atoms with van der Waals surface area (Å²) in [7, 11) is 0. The second-order valence-electron chi connectivity index (χ2n) is 5.39. The highest BCUT2D eigenvalue weighted by molar-refractivity contribution is 7.99. The van der Waals surface area contributed by atoms with Gasteiger partial charge >= 0.3 is 0 Å². The van der Waals surface area contributed by atoms with Gasteiger partial charge < -0.3 is 13.9 Å². The molecule has 0 unspecified atom stereocenters. The number of ether oxygens (including phenoxy) is 2. The minimum absolute atomic E-state index is 0.325. The van der Waals surface area contributed by atoms with Crippen LogP contribution in [0.15, 0.2) is 52.1 Å². The predicted octanol–water partition coefficient (Wildman–Crippen LogP) is 5.83. The monoisotopic (exact) mass is 428 g/mol. The Balaban J connectivity index is 1.46. The number of rotatable bonds is 8. The Morgan fingerprint density at radius 1 is 1.15 bits per heavy atom. The number of hydrogen-bond acceptors (Lipinski definition) is 6. The van der Waals surface area contributed by atoms with E-state index in [1.165, 1.54) is 36.0 Å². The quantitative estimate of drug-likeness (QED) is 0.332. The maximum Gasteiger partial charge on any atom is 0.276 e. The van der Waals surface area contributed by atoms with Crippen LogP contribution >= 0.6 is 35.0 Å². The van der Waals surface area contributed by atoms with Crippen molar-refractivity contribution in [2.75, 3.05) is 12.4 Å². The molecule has 1 atom stereocenters. The van der Waals surface area contributed by atoms with Gasteiger partial charge in [0.15, 0.2) is 6.10 Å². The van der Waals surface area contributed by atoms with Crippen LogP contribution in [0, 0.1) is 5.82 Å². The Kier molecular flexibility index (Phi) is 6.82. The third kappa shape index (κ3) is 5.76. The van der Waals surface area contributed by atoms with Crippen LogP contribution in [0.2, 0.25) is 10.0 Å². The maximum atomic E-state index is 12.9. The van der Waals surface area contributed by atoms with Crippen LogP contribution in [0.1, 0.15) is 18.9 Å². The molecule has 0 N–H and O–H groups in total. The van der Waals surface area contributed by atoms with Crippen LogP contribution in [-0.2, 0) is 0 Å². The van der Waals surface area contributed by atoms with E-state index < -0.39 is 6.10 Å². The van der Waals surface area contributed by atoms with Gasteiger partial charge in [0.1, 0.15) is 17.3 Å². The van der Waals surface area contributed by atoms with Crippen molar-refractivity contribution in [1.29, 1.82) is 0 Å². The molecule has 2 aromatic carbocycles. The summed E-state index contributed by atoms with van der Waals surface area (Å²) in [6, 6.07) is 10.8. The number of nitrogens with zero attached hydrogens (tertiary/aromatic N) is 2. The number of aromatic nitrogens is 2. The molecular formula is C18H15Cl2FN2O3S. The lowest BCUT2D eigenvalue weighted by Crippen LogP contribution is -2.03. The van der Waals surface area contributed by atoms with Crippen molar-refractivity contribution in [2.24, 2.45) is 0 Å². The first-order valence-corrected chi connectivity index (χ1v) is 9.71. The molecule has 0 saturated carbocycles. The van der Waals surface area contributed by atoms with Crippen molar-refractivity contribution in [3.63, 3.8) is 0 Å². The zero-order valence-corrected chi connectivity index (χ0v) is 16.5. The van der Waals surface area contributed by atoms with Crippen LogP contribution < -0.4 is 9.47 Å². The van der Waals surface area contributed by atoms with E-state index in [1.54, 1.807) is 25.1 Å². The molecule has 0 amide bonds. The summed E-state index contributed by atoms with van der Waals surface area (Å²) in [5, 5.41) is 9.37. The molecule has 142 valence electrons. The van der Waals surface area contributed by atoms with E-state index in [-0.39, 0.29) is 5.82 Å². The van der Waals surface area contributed by atoms with E-state index in [0.29, 0.717) is 45.0 Å². The molecule has 0 aliphatic rings. The van der Waals surface area contributed by atoms with Crippen LogP contribution in [0.4, 0.5) is 4.39 Å². The summed E-state index contributed by atoms with van der Waals surface area (Å²) in [6.07, 6.45) is -0.457. The molecule has 0 saturated heterocycles. The highest BCUT2D eigenvalue weighted by Gasteiger charge is 2.16. The molecule has 1 aromatic heterocycles. The van der Waals surface area contributed by atoms with Gasteiger partial charge in [-0.05, 0) is 49.4 Å². The summed E-state index contributed by atoms with van der Waals surface area (Å²) in [5.41, 5.74) is 0. The standard InChI is InChI=1S/C18H15Cl2FN2O3S/c1-11(25-14-5-3-13(21)4-6-14)17-22-23-18(26-17)27-9-8-24-16-7-2-12(19)10-15(16)20/h2-7,10-11H,8-9H2,1H3/t11-/m0/s1. The minimum Gasteiger partial charge on any atom is -0.491 e. The van der Waals surface area contributed by atoms with Gasteiger partial charge in [-0.3, -0.25) is 0 Å². The van der Waals surface area contributed by atoms with Crippen molar-refractivity contribution in [3.05, 3.63) is 64.2 Å². The van der Waals surface area contributed by atoms with Gasteiger partial charge in [0.2, 0.25) is 0 Å². The van der Waals surface area contributed by atoms with E-state index in [0.717, 1.165) is 0 Å². The maximum absolute atomic E-state index is 12.9. The largest absolute Gasteiger partial charge is 0.491 e. The SMILES string of the molecule is C[C@H](Oc1ccc(F)cc1)c1nnc(SCCOc2ccc(Cl)cc2Cl)o1. The lowest BCUT2D eigenvalue weighted by Gasteiger charge is -2.10. The van der Waals surface area contributed by atoms with Crippen molar-refractivity contribution < 1.29 is 18.3 Å². The lowest BCUT2D eigenvalue weighted by atomic mass is 10.3. The number of benzene rings is 2. The second kappa shape index (κ2) is 9.30. The molecule has 9 heteroatoms. The van der Waals surface area contributed by atoms with E-state index in [9.17, 15) is 4.39 Å². The molecule has 3 rings (SSSR count). The van der Waals surface area contributed by atoms with Crippen molar-refractivity contribution in [2.45, 2.75) is 18.3 Å². The molecule has 0 aliphatic heterocycles. The van der Waals surface area contributed by atoms with Crippen molar-refractivity contribution in [3.8, 4) is 11.5 Å². The molecule has 1 heterocycles. The fraction of sp³-hybridized carbons (Fsp3) is 0.222. The molecule has 0 radical (unpaired) electrons. The number of thioether (sulfide) groups is 1. The number of halogens is 3. The smallest absolute Gasteiger partial charge is 0.276 e. The van der Waals surface area contributed by atoms with Gasteiger partial charge in [-0.1, -0.05) is 35.0 Å². The first-order valence-electron chi connectivity index (χ1n) is 7.97. The van der Waals surface area contributed by atoms with Gasteiger partial charge in [-0.25, -0.2) is 4.39 Å². The Morgan fingerprint density at radius 2 is 1.93 bits per heavy atom. The third-order valence-corrected chi connectivity index (χ3v) is 4.67. The Bertz CT molecular complexity index is 893. The zero-order chi connectivity index (χ0) is 19.2. The van der Waals surface area contributed by atoms with Crippen molar-refractivity contribution in [1.82, 2.24) is 10.2 Å². The van der Waals surface area contributed by atoms with Gasteiger partial charge in [0.05, 0.1) is 11.6 Å². The Labute approximate surface area is 169 Å². The van der Waals surface area contributed by atoms with E-state index in [1.807, 2.05) is 0 Å². The van der Waals surface area contributed by atoms with Gasteiger partial charge in [0.25, 0.3) is 11.1 Å². The summed E-state index contributed by atoms with van der Waals surface area (Å²) >= 11 is 13.2. The molecule has 3 aromatic rings. The molecule has 27 heavy (non-hydrogen) atoms. The Hall–Kier alpha value is -1.96. The topological polar surface area (TPSA) is 57.4 Å². The lowest BCUT2D eigenvalue weighted by molar-refractivity contribution is 0.181. The summed E-state index contributed by atoms with van der Waals surface area (Å²) in [4.78, 5) is 0. The summed E-state index contributed by atoms with van der Waals surface area (Å²) in [5.74, 6) is 1.68. The molecular weight excluding hydrogens is 414 g/mol. The first-order chi connectivity index (χ1) is 13.0. The van der Waals surface area contributed by atoms with Crippen molar-refractivity contribution >= 4 is 35.0 Å². The van der Waals surface area contributed by atoms with Crippen LogP contribution in [0.3, 0.4) is 0 Å². The van der Waals surface area contributed by atoms with E-state index >= 15 is 0 Å². The van der Waals surface area contributed by atoms with Gasteiger partial charge in [0, 0.05) is 10.8 Å². The molecule has 5 nitrogen and oxygen atoms in total. The fourth-order valence-electron chi connectivity index (χ4n) is 2.08. The highest BCUT2D eigenvalue weighted by atomic mass is 35.5. The molecule has 0 spiro atoms. The van der Waals surface area contributed by atoms with Gasteiger partial charge in [-0.15, -0.1) is 10.2 Å². The minimum atomic E-state index is -0.457. The van der Waals surface area contributed by atoms with E-state index in [2.05, 4.69) is 10.2 Å². The Morgan fingerprint density at radius 3 is 2.67 bits per heavy atom. The number of hydrogen-bond donors (Lipinski definition) is 0. The summed E-state index contributed by atoms with van der Waals surface area (Å²) < 4.78 is 29.8. The predicted molar refractivity (Wildman–Crippen MR) is 102 cm³/mol. The second-order valence-corrected chi connectivity index (χ2v) is 7.28. The third-order valence-electron chi connectivity index (χ3n) is 3.36. The summed E-state index contributed by atoms with van der Waals surface area (Å²) in [6.45, 7) is 2.18. The fourth-order valence-corrected chi connectivity index (χ4v) is 3.13. The molecule has 0 aliphatic carbocycles. The average molecular weight is 429 g/mol. The van der Waals surface area contributed by atoms with Crippen LogP contribution in [0.5, 0.6) is 11.5 Å². The first kappa shape index (κ1) is 19.8. The highest BCUT2D eigenvalue weighted by Crippen LogP contribution is 2.28. The van der Waals surface area contributed by atoms with Crippen LogP contribution in [-0.4, -0.2) is 22.6 Å². The van der Waals surface area contributed by atoms with E-state index in [4.69, 9.17) is 37.1 Å². The zero-order valence-electron chi connectivity index (χ0n) is 14.2. The molecule has 0 bridgehead atoms. The van der Waals surface area contributed by atoms with Crippen LogP contribution in [0.25, 0.3) is 0 Å². The average Bonchev–Trinajstić information content (AvgIpc) is 3.11. The molecule has 0 fully saturated rings.